The Morgan fingerprint density at radius 2 is 2.00 bits per heavy atom. The van der Waals surface area contributed by atoms with Crippen molar-refractivity contribution in [1.29, 1.82) is 0 Å². The zero-order valence-electron chi connectivity index (χ0n) is 20.0. The first-order chi connectivity index (χ1) is 15.7. The van der Waals surface area contributed by atoms with E-state index in [2.05, 4.69) is 27.4 Å². The summed E-state index contributed by atoms with van der Waals surface area (Å²) >= 11 is 0. The standard InChI is InChI=1S/C24H32N6O3/c1-14(2)30-22-20(13-26-30)18(11-21(28-22)33-17-6-8-29(5)9-7-17)23(31)25-12-19-15(3)10-16(4)27-24(19)32/h10-11,13-14,17,19H,6-9,12H2,1-5H3,(H,25,31). The molecule has 33 heavy (non-hydrogen) atoms. The number of piperidine rings is 1. The van der Waals surface area contributed by atoms with Gasteiger partial charge in [0.05, 0.1) is 23.1 Å². The van der Waals surface area contributed by atoms with Crippen LogP contribution < -0.4 is 10.1 Å². The SMILES string of the molecule is CC1=CC(C)=NC(=O)C1CNC(=O)c1cc(OC2CCN(C)CC2)nc2c1cnn2C(C)C. The van der Waals surface area contributed by atoms with E-state index < -0.39 is 5.92 Å². The van der Waals surface area contributed by atoms with Crippen LogP contribution in [0.3, 0.4) is 0 Å². The molecule has 9 heteroatoms. The van der Waals surface area contributed by atoms with Crippen molar-refractivity contribution >= 4 is 28.6 Å². The van der Waals surface area contributed by atoms with Gasteiger partial charge in [0.1, 0.15) is 6.10 Å². The van der Waals surface area contributed by atoms with Crippen LogP contribution >= 0.6 is 0 Å². The zero-order chi connectivity index (χ0) is 23.7. The number of hydrogen-bond acceptors (Lipinski definition) is 6. The summed E-state index contributed by atoms with van der Waals surface area (Å²) in [6.07, 6.45) is 5.43. The van der Waals surface area contributed by atoms with E-state index in [-0.39, 0.29) is 30.5 Å². The van der Waals surface area contributed by atoms with Crippen LogP contribution in [-0.2, 0) is 4.79 Å². The summed E-state index contributed by atoms with van der Waals surface area (Å²) in [5.41, 5.74) is 2.64. The van der Waals surface area contributed by atoms with Gasteiger partial charge in [-0.1, -0.05) is 5.57 Å². The van der Waals surface area contributed by atoms with Gasteiger partial charge in [-0.05, 0) is 53.7 Å². The fraction of sp³-hybridized carbons (Fsp3) is 0.542. The number of likely N-dealkylation sites (tertiary alicyclic amines) is 1. The molecule has 4 heterocycles. The Hall–Kier alpha value is -3.07. The number of carbonyl (C=O) groups is 2. The molecule has 1 fully saturated rings. The summed E-state index contributed by atoms with van der Waals surface area (Å²) in [5.74, 6) is -0.546. The third-order valence-electron chi connectivity index (χ3n) is 6.27. The van der Waals surface area contributed by atoms with Crippen LogP contribution in [0.1, 0.15) is 56.9 Å². The third-order valence-corrected chi connectivity index (χ3v) is 6.27. The molecule has 0 aliphatic carbocycles. The number of nitrogens with zero attached hydrogens (tertiary/aromatic N) is 5. The second kappa shape index (κ2) is 9.43. The van der Waals surface area contributed by atoms with E-state index >= 15 is 0 Å². The van der Waals surface area contributed by atoms with Crippen molar-refractivity contribution in [1.82, 2.24) is 25.0 Å². The number of fused-ring (bicyclic) bond motifs is 1. The van der Waals surface area contributed by atoms with Crippen LogP contribution in [0.4, 0.5) is 0 Å². The Kier molecular flexibility index (Phi) is 6.60. The quantitative estimate of drug-likeness (QED) is 0.723. The molecule has 2 aromatic rings. The smallest absolute Gasteiger partial charge is 0.254 e. The summed E-state index contributed by atoms with van der Waals surface area (Å²) < 4.78 is 8.00. The third kappa shape index (κ3) is 4.98. The van der Waals surface area contributed by atoms with Crippen LogP contribution in [-0.4, -0.2) is 70.0 Å². The minimum Gasteiger partial charge on any atom is -0.474 e. The van der Waals surface area contributed by atoms with E-state index in [0.29, 0.717) is 28.2 Å². The number of carbonyl (C=O) groups excluding carboxylic acids is 2. The molecule has 1 saturated heterocycles. The highest BCUT2D eigenvalue weighted by atomic mass is 16.5. The Labute approximate surface area is 193 Å². The van der Waals surface area contributed by atoms with Crippen molar-refractivity contribution in [2.24, 2.45) is 10.9 Å². The number of allylic oxidation sites excluding steroid dienone is 1. The van der Waals surface area contributed by atoms with Crippen LogP contribution in [0.5, 0.6) is 5.88 Å². The summed E-state index contributed by atoms with van der Waals surface area (Å²) in [4.78, 5) is 36.6. The molecule has 1 N–H and O–H groups in total. The molecular formula is C24H32N6O3. The molecule has 9 nitrogen and oxygen atoms in total. The summed E-state index contributed by atoms with van der Waals surface area (Å²) in [5, 5.41) is 8.02. The number of amides is 2. The maximum absolute atomic E-state index is 13.2. The molecule has 4 rings (SSSR count). The number of ether oxygens (including phenoxy) is 1. The van der Waals surface area contributed by atoms with Gasteiger partial charge in [0.2, 0.25) is 5.88 Å². The van der Waals surface area contributed by atoms with Crippen LogP contribution in [0.25, 0.3) is 11.0 Å². The van der Waals surface area contributed by atoms with Gasteiger partial charge >= 0.3 is 0 Å². The fourth-order valence-electron chi connectivity index (χ4n) is 4.34. The van der Waals surface area contributed by atoms with Gasteiger partial charge in [0, 0.05) is 37.5 Å². The molecule has 0 bridgehead atoms. The number of dihydropyridines is 1. The molecule has 2 aromatic heterocycles. The highest BCUT2D eigenvalue weighted by Crippen LogP contribution is 2.26. The maximum Gasteiger partial charge on any atom is 0.254 e. The molecule has 1 atom stereocenters. The van der Waals surface area contributed by atoms with Gasteiger partial charge in [-0.15, -0.1) is 0 Å². The van der Waals surface area contributed by atoms with Gasteiger partial charge in [-0.3, -0.25) is 9.59 Å². The van der Waals surface area contributed by atoms with Crippen molar-refractivity contribution in [2.75, 3.05) is 26.7 Å². The van der Waals surface area contributed by atoms with Gasteiger partial charge in [-0.25, -0.2) is 9.67 Å². The van der Waals surface area contributed by atoms with E-state index in [4.69, 9.17) is 9.72 Å². The lowest BCUT2D eigenvalue weighted by Crippen LogP contribution is -2.36. The Bertz CT molecular complexity index is 1120. The second-order valence-corrected chi connectivity index (χ2v) is 9.29. The van der Waals surface area contributed by atoms with Crippen molar-refractivity contribution in [3.05, 3.63) is 29.5 Å². The number of pyridine rings is 1. The zero-order valence-corrected chi connectivity index (χ0v) is 20.0. The molecule has 0 saturated carbocycles. The molecule has 2 amide bonds. The van der Waals surface area contributed by atoms with Gasteiger partial charge in [0.25, 0.3) is 11.8 Å². The first-order valence-corrected chi connectivity index (χ1v) is 11.5. The normalized spacial score (nSPS) is 20.2. The minimum absolute atomic E-state index is 0.0613. The number of nitrogens with one attached hydrogen (secondary N) is 1. The lowest BCUT2D eigenvalue weighted by atomic mass is 9.95. The second-order valence-electron chi connectivity index (χ2n) is 9.29. The number of aromatic nitrogens is 3. The molecular weight excluding hydrogens is 420 g/mol. The Morgan fingerprint density at radius 3 is 2.67 bits per heavy atom. The minimum atomic E-state index is -0.455. The predicted octanol–water partition coefficient (Wildman–Crippen LogP) is 2.78. The van der Waals surface area contributed by atoms with Crippen molar-refractivity contribution in [2.45, 2.75) is 52.7 Å². The summed E-state index contributed by atoms with van der Waals surface area (Å²) in [6, 6.07) is 1.77. The molecule has 0 spiro atoms. The molecule has 2 aliphatic rings. The highest BCUT2D eigenvalue weighted by Gasteiger charge is 2.26. The van der Waals surface area contributed by atoms with E-state index in [1.807, 2.05) is 26.8 Å². The first kappa shape index (κ1) is 23.1. The van der Waals surface area contributed by atoms with Crippen molar-refractivity contribution in [3.8, 4) is 5.88 Å². The maximum atomic E-state index is 13.2. The Balaban J connectivity index is 1.59. The van der Waals surface area contributed by atoms with Crippen LogP contribution in [0.15, 0.2) is 28.9 Å². The van der Waals surface area contributed by atoms with Gasteiger partial charge in [0.15, 0.2) is 5.65 Å². The van der Waals surface area contributed by atoms with E-state index in [1.54, 1.807) is 23.9 Å². The molecule has 176 valence electrons. The number of rotatable bonds is 6. The van der Waals surface area contributed by atoms with Crippen molar-refractivity contribution < 1.29 is 14.3 Å². The van der Waals surface area contributed by atoms with Crippen LogP contribution in [0, 0.1) is 5.92 Å². The van der Waals surface area contributed by atoms with Crippen molar-refractivity contribution in [3.63, 3.8) is 0 Å². The van der Waals surface area contributed by atoms with Gasteiger partial charge < -0.3 is 15.0 Å². The average molecular weight is 453 g/mol. The lowest BCUT2D eigenvalue weighted by molar-refractivity contribution is -0.120. The molecule has 2 aliphatic heterocycles. The predicted molar refractivity (Wildman–Crippen MR) is 127 cm³/mol. The fourth-order valence-corrected chi connectivity index (χ4v) is 4.34. The number of hydrogen-bond donors (Lipinski definition) is 1. The molecule has 0 aromatic carbocycles. The van der Waals surface area contributed by atoms with Crippen LogP contribution in [0.2, 0.25) is 0 Å². The largest absolute Gasteiger partial charge is 0.474 e. The lowest BCUT2D eigenvalue weighted by Gasteiger charge is -2.29. The Morgan fingerprint density at radius 1 is 1.27 bits per heavy atom. The van der Waals surface area contributed by atoms with Gasteiger partial charge in [-0.2, -0.15) is 10.1 Å². The average Bonchev–Trinajstić information content (AvgIpc) is 3.18. The monoisotopic (exact) mass is 452 g/mol. The van der Waals surface area contributed by atoms with E-state index in [0.717, 1.165) is 31.5 Å². The summed E-state index contributed by atoms with van der Waals surface area (Å²) in [6.45, 7) is 9.84. The molecule has 1 unspecified atom stereocenters. The van der Waals surface area contributed by atoms with E-state index in [9.17, 15) is 9.59 Å². The number of aliphatic imine (C=N–C) groups is 1. The summed E-state index contributed by atoms with van der Waals surface area (Å²) in [7, 11) is 2.10. The molecule has 0 radical (unpaired) electrons. The highest BCUT2D eigenvalue weighted by molar-refractivity contribution is 6.07. The topological polar surface area (TPSA) is 102 Å². The first-order valence-electron chi connectivity index (χ1n) is 11.5. The van der Waals surface area contributed by atoms with E-state index in [1.165, 1.54) is 0 Å².